The molecule has 1 aliphatic heterocycles. The molecule has 5 heteroatoms. The molecule has 1 aromatic carbocycles. The van der Waals surface area contributed by atoms with Gasteiger partial charge in [-0.3, -0.25) is 4.90 Å². The lowest BCUT2D eigenvalue weighted by molar-refractivity contribution is 0.169. The van der Waals surface area contributed by atoms with Gasteiger partial charge in [0.15, 0.2) is 0 Å². The first-order valence-electron chi connectivity index (χ1n) is 6.76. The summed E-state index contributed by atoms with van der Waals surface area (Å²) in [5.74, 6) is 0.330. The molecule has 2 rings (SSSR count). The minimum Gasteiger partial charge on any atom is -0.508 e. The highest BCUT2D eigenvalue weighted by atomic mass is 79.9. The van der Waals surface area contributed by atoms with Gasteiger partial charge in [0, 0.05) is 46.7 Å². The van der Waals surface area contributed by atoms with Gasteiger partial charge in [-0.15, -0.1) is 6.58 Å². The van der Waals surface area contributed by atoms with E-state index in [4.69, 9.17) is 0 Å². The molecular formula is C15H20Br2N2O. The third-order valence-corrected chi connectivity index (χ3v) is 4.65. The summed E-state index contributed by atoms with van der Waals surface area (Å²) in [5, 5.41) is 13.7. The van der Waals surface area contributed by atoms with E-state index in [1.165, 1.54) is 0 Å². The van der Waals surface area contributed by atoms with Gasteiger partial charge in [-0.2, -0.15) is 0 Å². The number of phenols is 1. The first kappa shape index (κ1) is 16.0. The average Bonchev–Trinajstić information content (AvgIpc) is 2.37. The van der Waals surface area contributed by atoms with Gasteiger partial charge < -0.3 is 10.4 Å². The summed E-state index contributed by atoms with van der Waals surface area (Å²) >= 11 is 7.01. The highest BCUT2D eigenvalue weighted by Gasteiger charge is 2.26. The minimum absolute atomic E-state index is 0.164. The molecule has 0 aliphatic carbocycles. The van der Waals surface area contributed by atoms with E-state index in [0.717, 1.165) is 52.7 Å². The van der Waals surface area contributed by atoms with Crippen LogP contribution in [0.15, 0.2) is 33.2 Å². The number of phenolic OH excluding ortho intramolecular Hbond substituents is 1. The van der Waals surface area contributed by atoms with Gasteiger partial charge in [0.25, 0.3) is 0 Å². The number of hydrogen-bond acceptors (Lipinski definition) is 3. The molecule has 0 amide bonds. The molecule has 0 aromatic heterocycles. The number of halogens is 2. The Labute approximate surface area is 137 Å². The van der Waals surface area contributed by atoms with E-state index in [0.29, 0.717) is 5.75 Å². The van der Waals surface area contributed by atoms with Crippen molar-refractivity contribution in [2.45, 2.75) is 19.4 Å². The largest absolute Gasteiger partial charge is 0.508 e. The minimum atomic E-state index is 0.164. The molecule has 1 atom stereocenters. The van der Waals surface area contributed by atoms with E-state index >= 15 is 0 Å². The highest BCUT2D eigenvalue weighted by Crippen LogP contribution is 2.40. The molecule has 0 radical (unpaired) electrons. The molecule has 1 saturated heterocycles. The molecule has 3 nitrogen and oxygen atoms in total. The van der Waals surface area contributed by atoms with Gasteiger partial charge in [-0.05, 0) is 25.5 Å². The van der Waals surface area contributed by atoms with Gasteiger partial charge in [0.05, 0.1) is 0 Å². The number of piperazine rings is 1. The topological polar surface area (TPSA) is 35.5 Å². The monoisotopic (exact) mass is 402 g/mol. The smallest absolute Gasteiger partial charge is 0.122 e. The highest BCUT2D eigenvalue weighted by molar-refractivity contribution is 9.11. The summed E-state index contributed by atoms with van der Waals surface area (Å²) < 4.78 is 1.81. The van der Waals surface area contributed by atoms with Crippen LogP contribution in [0.1, 0.15) is 24.9 Å². The molecule has 20 heavy (non-hydrogen) atoms. The molecule has 1 aromatic rings. The Morgan fingerprint density at radius 3 is 2.60 bits per heavy atom. The Balaban J connectivity index is 2.37. The van der Waals surface area contributed by atoms with E-state index in [1.807, 2.05) is 13.0 Å². The molecule has 110 valence electrons. The molecule has 0 unspecified atom stereocenters. The fourth-order valence-corrected chi connectivity index (χ4v) is 4.11. The van der Waals surface area contributed by atoms with Crippen LogP contribution in [0.25, 0.3) is 0 Å². The summed E-state index contributed by atoms with van der Waals surface area (Å²) in [5.41, 5.74) is 2.08. The second-order valence-electron chi connectivity index (χ2n) is 5.28. The standard InChI is InChI=1S/C15H20Br2N2O/c1-10(2)7-13(19-5-3-18-4-6-19)15-12(17)8-11(16)9-14(15)20/h8-9,13,18,20H,1,3-7H2,2H3/t13-/m1/s1. The van der Waals surface area contributed by atoms with Crippen LogP contribution < -0.4 is 5.32 Å². The predicted octanol–water partition coefficient (Wildman–Crippen LogP) is 3.83. The Morgan fingerprint density at radius 1 is 1.40 bits per heavy atom. The van der Waals surface area contributed by atoms with E-state index in [9.17, 15) is 5.11 Å². The maximum atomic E-state index is 10.4. The summed E-state index contributed by atoms with van der Waals surface area (Å²) in [6.07, 6.45) is 0.855. The number of rotatable bonds is 4. The van der Waals surface area contributed by atoms with Crippen LogP contribution in [0.5, 0.6) is 5.75 Å². The first-order chi connectivity index (χ1) is 9.49. The van der Waals surface area contributed by atoms with Crippen LogP contribution in [-0.2, 0) is 0 Å². The van der Waals surface area contributed by atoms with Gasteiger partial charge >= 0.3 is 0 Å². The van der Waals surface area contributed by atoms with Crippen LogP contribution in [0.4, 0.5) is 0 Å². The zero-order chi connectivity index (χ0) is 14.7. The molecule has 1 heterocycles. The van der Waals surface area contributed by atoms with E-state index in [-0.39, 0.29) is 6.04 Å². The molecular weight excluding hydrogens is 384 g/mol. The number of benzene rings is 1. The summed E-state index contributed by atoms with van der Waals surface area (Å²) in [4.78, 5) is 2.42. The SMILES string of the molecule is C=C(C)C[C@H](c1c(O)cc(Br)cc1Br)N1CCNCC1. The maximum Gasteiger partial charge on any atom is 0.122 e. The molecule has 0 spiro atoms. The zero-order valence-electron chi connectivity index (χ0n) is 11.6. The van der Waals surface area contributed by atoms with Crippen molar-refractivity contribution in [1.82, 2.24) is 10.2 Å². The lowest BCUT2D eigenvalue weighted by Crippen LogP contribution is -2.45. The lowest BCUT2D eigenvalue weighted by atomic mass is 9.97. The molecule has 0 saturated carbocycles. The van der Waals surface area contributed by atoms with Gasteiger partial charge in [0.2, 0.25) is 0 Å². The molecule has 1 fully saturated rings. The first-order valence-corrected chi connectivity index (χ1v) is 8.34. The molecule has 1 aliphatic rings. The van der Waals surface area contributed by atoms with Crippen LogP contribution in [-0.4, -0.2) is 36.2 Å². The Hall–Kier alpha value is -0.360. The second kappa shape index (κ2) is 7.07. The molecule has 0 bridgehead atoms. The number of aromatic hydroxyl groups is 1. The van der Waals surface area contributed by atoms with Gasteiger partial charge in [-0.25, -0.2) is 0 Å². The van der Waals surface area contributed by atoms with Crippen molar-refractivity contribution < 1.29 is 5.11 Å². The van der Waals surface area contributed by atoms with Gasteiger partial charge in [0.1, 0.15) is 5.75 Å². The Kier molecular flexibility index (Phi) is 5.66. The van der Waals surface area contributed by atoms with Crippen LogP contribution in [0.2, 0.25) is 0 Å². The van der Waals surface area contributed by atoms with Crippen molar-refractivity contribution in [1.29, 1.82) is 0 Å². The Morgan fingerprint density at radius 2 is 2.05 bits per heavy atom. The maximum absolute atomic E-state index is 10.4. The summed E-state index contributed by atoms with van der Waals surface area (Å²) in [6, 6.07) is 3.91. The van der Waals surface area contributed by atoms with Crippen LogP contribution in [0, 0.1) is 0 Å². The van der Waals surface area contributed by atoms with Crippen molar-refractivity contribution in [2.75, 3.05) is 26.2 Å². The van der Waals surface area contributed by atoms with Crippen molar-refractivity contribution in [3.05, 3.63) is 38.8 Å². The average molecular weight is 404 g/mol. The van der Waals surface area contributed by atoms with Crippen molar-refractivity contribution in [3.8, 4) is 5.75 Å². The van der Waals surface area contributed by atoms with Crippen LogP contribution >= 0.6 is 31.9 Å². The quantitative estimate of drug-likeness (QED) is 0.750. The van der Waals surface area contributed by atoms with E-state index in [2.05, 4.69) is 48.7 Å². The van der Waals surface area contributed by atoms with Gasteiger partial charge in [-0.1, -0.05) is 37.4 Å². The third kappa shape index (κ3) is 3.85. The Bertz CT molecular complexity index is 476. The zero-order valence-corrected chi connectivity index (χ0v) is 14.8. The van der Waals surface area contributed by atoms with Crippen molar-refractivity contribution in [3.63, 3.8) is 0 Å². The number of nitrogens with zero attached hydrogens (tertiary/aromatic N) is 1. The van der Waals surface area contributed by atoms with Crippen LogP contribution in [0.3, 0.4) is 0 Å². The fraction of sp³-hybridized carbons (Fsp3) is 0.467. The fourth-order valence-electron chi connectivity index (χ4n) is 2.64. The third-order valence-electron chi connectivity index (χ3n) is 3.54. The number of hydrogen-bond donors (Lipinski definition) is 2. The van der Waals surface area contributed by atoms with Crippen molar-refractivity contribution >= 4 is 31.9 Å². The van der Waals surface area contributed by atoms with Crippen molar-refractivity contribution in [2.24, 2.45) is 0 Å². The lowest BCUT2D eigenvalue weighted by Gasteiger charge is -2.36. The molecule has 2 N–H and O–H groups in total. The normalized spacial score (nSPS) is 17.9. The summed E-state index contributed by atoms with van der Waals surface area (Å²) in [7, 11) is 0. The summed E-state index contributed by atoms with van der Waals surface area (Å²) in [6.45, 7) is 10.0. The predicted molar refractivity (Wildman–Crippen MR) is 90.1 cm³/mol. The van der Waals surface area contributed by atoms with E-state index in [1.54, 1.807) is 6.07 Å². The second-order valence-corrected chi connectivity index (χ2v) is 7.05. The number of nitrogens with one attached hydrogen (secondary N) is 1. The van der Waals surface area contributed by atoms with E-state index < -0.39 is 0 Å².